The fourth-order valence-corrected chi connectivity index (χ4v) is 3.65. The molecule has 24 heavy (non-hydrogen) atoms. The van der Waals surface area contributed by atoms with Crippen LogP contribution in [0.4, 0.5) is 5.69 Å². The lowest BCUT2D eigenvalue weighted by Gasteiger charge is -2.30. The van der Waals surface area contributed by atoms with Crippen LogP contribution in [0.3, 0.4) is 0 Å². The molecule has 0 atom stereocenters. The summed E-state index contributed by atoms with van der Waals surface area (Å²) in [5, 5.41) is 0. The normalized spacial score (nSPS) is 20.0. The van der Waals surface area contributed by atoms with E-state index < -0.39 is 0 Å². The lowest BCUT2D eigenvalue weighted by Crippen LogP contribution is -2.37. The number of hydrogen-bond acceptors (Lipinski definition) is 4. The summed E-state index contributed by atoms with van der Waals surface area (Å²) in [5.41, 5.74) is 0.612. The summed E-state index contributed by atoms with van der Waals surface area (Å²) in [7, 11) is 1.68. The highest BCUT2D eigenvalue weighted by molar-refractivity contribution is 6.01. The molecule has 3 rings (SSSR count). The lowest BCUT2D eigenvalue weighted by molar-refractivity contribution is -0.130. The van der Waals surface area contributed by atoms with Crippen molar-refractivity contribution in [3.05, 3.63) is 24.3 Å². The van der Waals surface area contributed by atoms with Crippen LogP contribution in [0, 0.1) is 5.41 Å². The molecule has 2 aliphatic rings. The van der Waals surface area contributed by atoms with Gasteiger partial charge in [-0.1, -0.05) is 0 Å². The molecule has 1 spiro atoms. The van der Waals surface area contributed by atoms with Gasteiger partial charge in [-0.3, -0.25) is 9.59 Å². The number of ether oxygens (including phenoxy) is 2. The zero-order valence-electron chi connectivity index (χ0n) is 14.3. The molecule has 0 aromatic heterocycles. The van der Waals surface area contributed by atoms with Gasteiger partial charge in [0.2, 0.25) is 5.91 Å². The van der Waals surface area contributed by atoms with E-state index in [0.717, 1.165) is 30.8 Å². The molecule has 0 unspecified atom stereocenters. The van der Waals surface area contributed by atoms with Crippen LogP contribution in [0.25, 0.3) is 0 Å². The van der Waals surface area contributed by atoms with Gasteiger partial charge in [-0.15, -0.1) is 0 Å². The second-order valence-electron chi connectivity index (χ2n) is 6.71. The molecule has 1 saturated carbocycles. The summed E-state index contributed by atoms with van der Waals surface area (Å²) in [6, 6.07) is 7.70. The molecule has 0 radical (unpaired) electrons. The van der Waals surface area contributed by atoms with E-state index in [1.807, 2.05) is 29.2 Å². The molecule has 1 amide bonds. The summed E-state index contributed by atoms with van der Waals surface area (Å²) in [5.74, 6) is 1.28. The SMILES string of the molecule is COCCCOc1ccc(N2CCC3(CCC(=O)CC3)C2=O)cc1. The zero-order chi connectivity index (χ0) is 17.0. The van der Waals surface area contributed by atoms with Crippen molar-refractivity contribution >= 4 is 17.4 Å². The second-order valence-corrected chi connectivity index (χ2v) is 6.71. The van der Waals surface area contributed by atoms with Crippen molar-refractivity contribution in [1.82, 2.24) is 0 Å². The van der Waals surface area contributed by atoms with E-state index >= 15 is 0 Å². The number of amides is 1. The number of benzene rings is 1. The molecule has 1 aromatic carbocycles. The molecule has 130 valence electrons. The van der Waals surface area contributed by atoms with E-state index in [0.29, 0.717) is 44.7 Å². The molecule has 1 heterocycles. The Labute approximate surface area is 142 Å². The van der Waals surface area contributed by atoms with Crippen LogP contribution in [0.1, 0.15) is 38.5 Å². The predicted octanol–water partition coefficient (Wildman–Crippen LogP) is 2.97. The predicted molar refractivity (Wildman–Crippen MR) is 91.3 cm³/mol. The number of ketones is 1. The van der Waals surface area contributed by atoms with Crippen molar-refractivity contribution in [1.29, 1.82) is 0 Å². The maximum absolute atomic E-state index is 12.9. The summed E-state index contributed by atoms with van der Waals surface area (Å²) >= 11 is 0. The minimum absolute atomic E-state index is 0.184. The highest BCUT2D eigenvalue weighted by Crippen LogP contribution is 2.45. The Balaban J connectivity index is 1.61. The summed E-state index contributed by atoms with van der Waals surface area (Å²) < 4.78 is 10.6. The van der Waals surface area contributed by atoms with Gasteiger partial charge in [-0.2, -0.15) is 0 Å². The summed E-state index contributed by atoms with van der Waals surface area (Å²) in [4.78, 5) is 26.2. The van der Waals surface area contributed by atoms with Gasteiger partial charge >= 0.3 is 0 Å². The third-order valence-corrected chi connectivity index (χ3v) is 5.19. The van der Waals surface area contributed by atoms with Crippen LogP contribution >= 0.6 is 0 Å². The van der Waals surface area contributed by atoms with Crippen molar-refractivity contribution in [2.75, 3.05) is 31.8 Å². The number of Topliss-reactive ketones (excluding diaryl/α,β-unsaturated/α-hetero) is 1. The van der Waals surface area contributed by atoms with Crippen LogP contribution in [0.5, 0.6) is 5.75 Å². The minimum atomic E-state index is -0.302. The van der Waals surface area contributed by atoms with E-state index in [1.165, 1.54) is 0 Å². The quantitative estimate of drug-likeness (QED) is 0.752. The molecule has 1 aliphatic heterocycles. The maximum Gasteiger partial charge on any atom is 0.233 e. The van der Waals surface area contributed by atoms with E-state index in [9.17, 15) is 9.59 Å². The molecule has 0 N–H and O–H groups in total. The van der Waals surface area contributed by atoms with Crippen molar-refractivity contribution < 1.29 is 19.1 Å². The molecular weight excluding hydrogens is 306 g/mol. The van der Waals surface area contributed by atoms with Crippen LogP contribution < -0.4 is 9.64 Å². The van der Waals surface area contributed by atoms with Gasteiger partial charge in [-0.25, -0.2) is 0 Å². The van der Waals surface area contributed by atoms with E-state index in [1.54, 1.807) is 7.11 Å². The van der Waals surface area contributed by atoms with Gasteiger partial charge in [0.25, 0.3) is 0 Å². The highest BCUT2D eigenvalue weighted by atomic mass is 16.5. The highest BCUT2D eigenvalue weighted by Gasteiger charge is 2.48. The molecule has 1 aliphatic carbocycles. The number of hydrogen-bond donors (Lipinski definition) is 0. The monoisotopic (exact) mass is 331 g/mol. The maximum atomic E-state index is 12.9. The summed E-state index contributed by atoms with van der Waals surface area (Å²) in [6.07, 6.45) is 4.23. The Morgan fingerprint density at radius 2 is 1.75 bits per heavy atom. The molecule has 2 fully saturated rings. The number of anilines is 1. The molecular formula is C19H25NO4. The topological polar surface area (TPSA) is 55.8 Å². The van der Waals surface area contributed by atoms with Gasteiger partial charge in [0.05, 0.1) is 12.0 Å². The van der Waals surface area contributed by atoms with Crippen LogP contribution in [-0.4, -0.2) is 38.6 Å². The number of carbonyl (C=O) groups excluding carboxylic acids is 2. The molecule has 1 saturated heterocycles. The number of methoxy groups -OCH3 is 1. The van der Waals surface area contributed by atoms with Crippen molar-refractivity contribution in [3.63, 3.8) is 0 Å². The Bertz CT molecular complexity index is 586. The van der Waals surface area contributed by atoms with Crippen LogP contribution in [0.15, 0.2) is 24.3 Å². The van der Waals surface area contributed by atoms with Gasteiger partial charge in [0.15, 0.2) is 0 Å². The molecule has 1 aromatic rings. The molecule has 5 heteroatoms. The first kappa shape index (κ1) is 17.0. The molecule has 0 bridgehead atoms. The molecule has 5 nitrogen and oxygen atoms in total. The van der Waals surface area contributed by atoms with E-state index in [4.69, 9.17) is 9.47 Å². The number of rotatable bonds is 6. The first-order valence-corrected chi connectivity index (χ1v) is 8.70. The van der Waals surface area contributed by atoms with E-state index in [-0.39, 0.29) is 11.3 Å². The van der Waals surface area contributed by atoms with Crippen molar-refractivity contribution in [3.8, 4) is 5.75 Å². The van der Waals surface area contributed by atoms with Crippen LogP contribution in [0.2, 0.25) is 0 Å². The van der Waals surface area contributed by atoms with Gasteiger partial charge in [0, 0.05) is 45.2 Å². The Kier molecular flexibility index (Phi) is 5.19. The van der Waals surface area contributed by atoms with E-state index in [2.05, 4.69) is 0 Å². The van der Waals surface area contributed by atoms with Gasteiger partial charge in [-0.05, 0) is 43.5 Å². The van der Waals surface area contributed by atoms with Gasteiger partial charge in [0.1, 0.15) is 11.5 Å². The van der Waals surface area contributed by atoms with Crippen LogP contribution in [-0.2, 0) is 14.3 Å². The third-order valence-electron chi connectivity index (χ3n) is 5.19. The van der Waals surface area contributed by atoms with Crippen molar-refractivity contribution in [2.45, 2.75) is 38.5 Å². The lowest BCUT2D eigenvalue weighted by atomic mass is 9.72. The first-order chi connectivity index (χ1) is 11.6. The summed E-state index contributed by atoms with van der Waals surface area (Å²) in [6.45, 7) is 2.04. The second kappa shape index (κ2) is 7.34. The first-order valence-electron chi connectivity index (χ1n) is 8.70. The van der Waals surface area contributed by atoms with Crippen molar-refractivity contribution in [2.24, 2.45) is 5.41 Å². The smallest absolute Gasteiger partial charge is 0.233 e. The fraction of sp³-hybridized carbons (Fsp3) is 0.579. The largest absolute Gasteiger partial charge is 0.494 e. The Morgan fingerprint density at radius 3 is 2.42 bits per heavy atom. The number of nitrogens with zero attached hydrogens (tertiary/aromatic N) is 1. The Hall–Kier alpha value is -1.88. The Morgan fingerprint density at radius 1 is 1.04 bits per heavy atom. The standard InChI is InChI=1S/C19H25NO4/c1-23-13-2-14-24-17-5-3-15(4-6-17)20-12-11-19(18(20)22)9-7-16(21)8-10-19/h3-6H,2,7-14H2,1H3. The zero-order valence-corrected chi connectivity index (χ0v) is 14.3. The minimum Gasteiger partial charge on any atom is -0.494 e. The van der Waals surface area contributed by atoms with Gasteiger partial charge < -0.3 is 14.4 Å². The average molecular weight is 331 g/mol. The average Bonchev–Trinajstić information content (AvgIpc) is 2.92. The fourth-order valence-electron chi connectivity index (χ4n) is 3.65. The third kappa shape index (κ3) is 3.46. The number of carbonyl (C=O) groups is 2.